The summed E-state index contributed by atoms with van der Waals surface area (Å²) in [5.41, 5.74) is 5.28. The van der Waals surface area contributed by atoms with Crippen LogP contribution in [0.2, 0.25) is 0 Å². The standard InChI is InChI=1S/C9H19N3O2/c1-2-9(13)12-6-8-14-7-5-11-4-3-10/h2,11H,1,3-8,10H2,(H,12,13). The topological polar surface area (TPSA) is 76.4 Å². The lowest BCUT2D eigenvalue weighted by molar-refractivity contribution is -0.116. The average Bonchev–Trinajstić information content (AvgIpc) is 2.21. The number of hydrogen-bond acceptors (Lipinski definition) is 4. The van der Waals surface area contributed by atoms with Gasteiger partial charge in [-0.3, -0.25) is 4.79 Å². The van der Waals surface area contributed by atoms with Crippen LogP contribution in [0.25, 0.3) is 0 Å². The van der Waals surface area contributed by atoms with Gasteiger partial charge in [0, 0.05) is 26.2 Å². The highest BCUT2D eigenvalue weighted by Crippen LogP contribution is 1.73. The van der Waals surface area contributed by atoms with Crippen LogP contribution in [0, 0.1) is 0 Å². The van der Waals surface area contributed by atoms with Crippen molar-refractivity contribution >= 4 is 5.91 Å². The lowest BCUT2D eigenvalue weighted by Gasteiger charge is -2.05. The minimum absolute atomic E-state index is 0.171. The smallest absolute Gasteiger partial charge is 0.243 e. The highest BCUT2D eigenvalue weighted by molar-refractivity contribution is 5.86. The molecule has 0 saturated heterocycles. The molecule has 5 heteroatoms. The van der Waals surface area contributed by atoms with Gasteiger partial charge in [0.25, 0.3) is 0 Å². The van der Waals surface area contributed by atoms with Crippen LogP contribution in [-0.2, 0) is 9.53 Å². The van der Waals surface area contributed by atoms with Crippen molar-refractivity contribution in [1.29, 1.82) is 0 Å². The van der Waals surface area contributed by atoms with Crippen LogP contribution in [0.1, 0.15) is 0 Å². The van der Waals surface area contributed by atoms with Crippen LogP contribution in [0.5, 0.6) is 0 Å². The number of nitrogens with one attached hydrogen (secondary N) is 2. The van der Waals surface area contributed by atoms with Crippen molar-refractivity contribution < 1.29 is 9.53 Å². The van der Waals surface area contributed by atoms with Crippen molar-refractivity contribution in [3.05, 3.63) is 12.7 Å². The zero-order valence-corrected chi connectivity index (χ0v) is 8.42. The Bertz CT molecular complexity index is 162. The second kappa shape index (κ2) is 10.2. The highest BCUT2D eigenvalue weighted by atomic mass is 16.5. The molecular weight excluding hydrogens is 182 g/mol. The lowest BCUT2D eigenvalue weighted by Crippen LogP contribution is -2.28. The fourth-order valence-corrected chi connectivity index (χ4v) is 0.792. The molecule has 0 aliphatic carbocycles. The van der Waals surface area contributed by atoms with Gasteiger partial charge in [-0.15, -0.1) is 0 Å². The van der Waals surface area contributed by atoms with Gasteiger partial charge in [-0.05, 0) is 6.08 Å². The minimum atomic E-state index is -0.171. The summed E-state index contributed by atoms with van der Waals surface area (Å²) in [6, 6.07) is 0. The Hall–Kier alpha value is -0.910. The van der Waals surface area contributed by atoms with E-state index in [1.54, 1.807) is 0 Å². The van der Waals surface area contributed by atoms with E-state index in [2.05, 4.69) is 17.2 Å². The van der Waals surface area contributed by atoms with Gasteiger partial charge in [-0.2, -0.15) is 0 Å². The Kier molecular flexibility index (Phi) is 9.51. The number of carbonyl (C=O) groups is 1. The molecule has 0 aliphatic heterocycles. The fraction of sp³-hybridized carbons (Fsp3) is 0.667. The second-order valence-electron chi connectivity index (χ2n) is 2.65. The van der Waals surface area contributed by atoms with Crippen LogP contribution in [-0.4, -0.2) is 45.3 Å². The van der Waals surface area contributed by atoms with Gasteiger partial charge in [0.1, 0.15) is 0 Å². The number of nitrogens with two attached hydrogens (primary N) is 1. The van der Waals surface area contributed by atoms with E-state index in [9.17, 15) is 4.79 Å². The summed E-state index contributed by atoms with van der Waals surface area (Å²) in [5.74, 6) is -0.171. The summed E-state index contributed by atoms with van der Waals surface area (Å²) in [7, 11) is 0. The molecule has 0 aromatic heterocycles. The molecule has 0 unspecified atom stereocenters. The minimum Gasteiger partial charge on any atom is -0.378 e. The molecule has 0 aliphatic rings. The molecule has 0 aromatic rings. The number of hydrogen-bond donors (Lipinski definition) is 3. The molecule has 0 bridgehead atoms. The molecule has 14 heavy (non-hydrogen) atoms. The molecule has 0 saturated carbocycles. The molecule has 0 aromatic carbocycles. The first-order valence-electron chi connectivity index (χ1n) is 4.70. The monoisotopic (exact) mass is 201 g/mol. The second-order valence-corrected chi connectivity index (χ2v) is 2.65. The van der Waals surface area contributed by atoms with Gasteiger partial charge in [0.05, 0.1) is 13.2 Å². The Labute approximate surface area is 84.7 Å². The summed E-state index contributed by atoms with van der Waals surface area (Å²) in [6.07, 6.45) is 1.24. The third-order valence-corrected chi connectivity index (χ3v) is 1.48. The van der Waals surface area contributed by atoms with E-state index in [0.29, 0.717) is 26.3 Å². The molecule has 4 N–H and O–H groups in total. The Balaban J connectivity index is 2.99. The maximum Gasteiger partial charge on any atom is 0.243 e. The van der Waals surface area contributed by atoms with Crippen molar-refractivity contribution in [1.82, 2.24) is 10.6 Å². The van der Waals surface area contributed by atoms with Crippen molar-refractivity contribution in [3.8, 4) is 0 Å². The molecule has 0 spiro atoms. The summed E-state index contributed by atoms with van der Waals surface area (Å²) < 4.78 is 5.22. The van der Waals surface area contributed by atoms with Gasteiger partial charge in [0.15, 0.2) is 0 Å². The number of rotatable bonds is 9. The first kappa shape index (κ1) is 13.1. The number of ether oxygens (including phenoxy) is 1. The lowest BCUT2D eigenvalue weighted by atomic mass is 10.5. The van der Waals surface area contributed by atoms with Crippen LogP contribution < -0.4 is 16.4 Å². The first-order chi connectivity index (χ1) is 6.81. The van der Waals surface area contributed by atoms with Crippen LogP contribution in [0.3, 0.4) is 0 Å². The van der Waals surface area contributed by atoms with Gasteiger partial charge in [-0.25, -0.2) is 0 Å². The van der Waals surface area contributed by atoms with Crippen molar-refractivity contribution in [2.45, 2.75) is 0 Å². The van der Waals surface area contributed by atoms with E-state index in [0.717, 1.165) is 13.1 Å². The van der Waals surface area contributed by atoms with Crippen LogP contribution in [0.15, 0.2) is 12.7 Å². The quantitative estimate of drug-likeness (QED) is 0.325. The Morgan fingerprint density at radius 1 is 1.36 bits per heavy atom. The average molecular weight is 201 g/mol. The molecule has 0 atom stereocenters. The highest BCUT2D eigenvalue weighted by Gasteiger charge is 1.92. The van der Waals surface area contributed by atoms with Gasteiger partial charge in [0.2, 0.25) is 5.91 Å². The largest absolute Gasteiger partial charge is 0.378 e. The zero-order valence-electron chi connectivity index (χ0n) is 8.42. The summed E-state index contributed by atoms with van der Waals surface area (Å²) >= 11 is 0. The summed E-state index contributed by atoms with van der Waals surface area (Å²) in [4.78, 5) is 10.7. The van der Waals surface area contributed by atoms with E-state index in [4.69, 9.17) is 10.5 Å². The molecule has 0 heterocycles. The molecule has 5 nitrogen and oxygen atoms in total. The SMILES string of the molecule is C=CC(=O)NCCOCCNCCN. The van der Waals surface area contributed by atoms with Crippen molar-refractivity contribution in [2.24, 2.45) is 5.73 Å². The zero-order chi connectivity index (χ0) is 10.6. The van der Waals surface area contributed by atoms with Crippen LogP contribution in [0.4, 0.5) is 0 Å². The third-order valence-electron chi connectivity index (χ3n) is 1.48. The van der Waals surface area contributed by atoms with Crippen molar-refractivity contribution in [2.75, 3.05) is 39.4 Å². The molecule has 0 radical (unpaired) electrons. The van der Waals surface area contributed by atoms with Gasteiger partial charge < -0.3 is 21.1 Å². The van der Waals surface area contributed by atoms with E-state index in [1.165, 1.54) is 6.08 Å². The molecule has 82 valence electrons. The molecular formula is C9H19N3O2. The Morgan fingerprint density at radius 2 is 2.07 bits per heavy atom. The molecule has 1 amide bonds. The summed E-state index contributed by atoms with van der Waals surface area (Å²) in [6.45, 7) is 7.22. The number of amides is 1. The number of carbonyl (C=O) groups excluding carboxylic acids is 1. The van der Waals surface area contributed by atoms with Gasteiger partial charge in [-0.1, -0.05) is 6.58 Å². The van der Waals surface area contributed by atoms with E-state index in [-0.39, 0.29) is 5.91 Å². The van der Waals surface area contributed by atoms with E-state index < -0.39 is 0 Å². The van der Waals surface area contributed by atoms with E-state index in [1.807, 2.05) is 0 Å². The Morgan fingerprint density at radius 3 is 2.71 bits per heavy atom. The normalized spacial score (nSPS) is 9.79. The van der Waals surface area contributed by atoms with Crippen LogP contribution >= 0.6 is 0 Å². The van der Waals surface area contributed by atoms with E-state index >= 15 is 0 Å². The first-order valence-corrected chi connectivity index (χ1v) is 4.70. The molecule has 0 rings (SSSR count). The predicted octanol–water partition coefficient (Wildman–Crippen LogP) is -1.15. The predicted molar refractivity (Wildman–Crippen MR) is 55.9 cm³/mol. The third kappa shape index (κ3) is 9.18. The fourth-order valence-electron chi connectivity index (χ4n) is 0.792. The maximum absolute atomic E-state index is 10.7. The molecule has 0 fully saturated rings. The maximum atomic E-state index is 10.7. The summed E-state index contributed by atoms with van der Waals surface area (Å²) in [5, 5.41) is 5.70. The van der Waals surface area contributed by atoms with Gasteiger partial charge >= 0.3 is 0 Å². The van der Waals surface area contributed by atoms with Crippen molar-refractivity contribution in [3.63, 3.8) is 0 Å².